The van der Waals surface area contributed by atoms with E-state index >= 15 is 0 Å². The first-order valence-electron chi connectivity index (χ1n) is 4.70. The first-order chi connectivity index (χ1) is 5.95. The minimum atomic E-state index is -4.23. The van der Waals surface area contributed by atoms with Crippen LogP contribution in [0.4, 0.5) is 13.2 Å². The smallest absolute Gasteiger partial charge is 0.391 e. The van der Waals surface area contributed by atoms with Gasteiger partial charge in [-0.25, -0.2) is 0 Å². The van der Waals surface area contributed by atoms with Crippen LogP contribution >= 0.6 is 0 Å². The van der Waals surface area contributed by atoms with Gasteiger partial charge in [0.25, 0.3) is 0 Å². The molecule has 0 fully saturated rings. The predicted octanol–water partition coefficient (Wildman–Crippen LogP) is 3.27. The lowest BCUT2D eigenvalue weighted by molar-refractivity contribution is -0.154. The molecule has 0 bridgehead atoms. The molecule has 0 saturated carbocycles. The van der Waals surface area contributed by atoms with Crippen molar-refractivity contribution in [2.75, 3.05) is 0 Å². The van der Waals surface area contributed by atoms with E-state index in [1.54, 1.807) is 0 Å². The van der Waals surface area contributed by atoms with Crippen molar-refractivity contribution in [3.63, 3.8) is 0 Å². The molecule has 0 aliphatic heterocycles. The molecule has 1 N–H and O–H groups in total. The lowest BCUT2D eigenvalue weighted by atomic mass is 10.1. The third-order valence-corrected chi connectivity index (χ3v) is 1.86. The van der Waals surface area contributed by atoms with Gasteiger partial charge in [0.15, 0.2) is 0 Å². The fourth-order valence-electron chi connectivity index (χ4n) is 1.18. The largest absolute Gasteiger partial charge is 0.393 e. The molecule has 0 amide bonds. The van der Waals surface area contributed by atoms with Crippen LogP contribution in [-0.2, 0) is 0 Å². The summed E-state index contributed by atoms with van der Waals surface area (Å²) < 4.78 is 35.2. The van der Waals surface area contributed by atoms with Crippen molar-refractivity contribution in [1.29, 1.82) is 0 Å². The van der Waals surface area contributed by atoms with Crippen LogP contribution in [-0.4, -0.2) is 17.4 Å². The van der Waals surface area contributed by atoms with Gasteiger partial charge in [-0.2, -0.15) is 13.2 Å². The third kappa shape index (κ3) is 9.67. The van der Waals surface area contributed by atoms with Crippen LogP contribution in [0.3, 0.4) is 0 Å². The molecule has 0 saturated heterocycles. The Morgan fingerprint density at radius 3 is 2.23 bits per heavy atom. The zero-order valence-electron chi connectivity index (χ0n) is 7.90. The lowest BCUT2D eigenvalue weighted by Gasteiger charge is -2.12. The van der Waals surface area contributed by atoms with E-state index in [9.17, 15) is 13.2 Å². The number of alkyl halides is 3. The molecule has 0 aromatic rings. The van der Waals surface area contributed by atoms with Gasteiger partial charge in [-0.05, 0) is 6.42 Å². The zero-order chi connectivity index (χ0) is 10.3. The molecule has 13 heavy (non-hydrogen) atoms. The molecule has 1 nitrogen and oxygen atoms in total. The van der Waals surface area contributed by atoms with Crippen LogP contribution < -0.4 is 0 Å². The zero-order valence-corrected chi connectivity index (χ0v) is 7.90. The summed E-state index contributed by atoms with van der Waals surface area (Å²) in [6.45, 7) is 2.03. The topological polar surface area (TPSA) is 20.2 Å². The van der Waals surface area contributed by atoms with Gasteiger partial charge in [0.1, 0.15) is 0 Å². The number of aliphatic hydroxyl groups is 1. The van der Waals surface area contributed by atoms with E-state index in [2.05, 4.69) is 0 Å². The number of unbranched alkanes of at least 4 members (excludes halogenated alkanes) is 3. The van der Waals surface area contributed by atoms with E-state index in [-0.39, 0.29) is 6.42 Å². The van der Waals surface area contributed by atoms with Gasteiger partial charge in [-0.1, -0.05) is 32.6 Å². The average Bonchev–Trinajstić information content (AvgIpc) is 1.94. The summed E-state index contributed by atoms with van der Waals surface area (Å²) in [6.07, 6.45) is -2.58. The van der Waals surface area contributed by atoms with E-state index in [1.165, 1.54) is 0 Å². The molecule has 0 radical (unpaired) electrons. The Morgan fingerprint density at radius 1 is 1.15 bits per heavy atom. The fourth-order valence-corrected chi connectivity index (χ4v) is 1.18. The minimum absolute atomic E-state index is 0.263. The standard InChI is InChI=1S/C9H17F3O/c1-2-3-4-5-6-8(13)7-9(10,11)12/h8,13H,2-7H2,1H3. The molecule has 0 aliphatic rings. The van der Waals surface area contributed by atoms with Crippen molar-refractivity contribution in [2.45, 2.75) is 57.7 Å². The second-order valence-corrected chi connectivity index (χ2v) is 3.32. The number of aliphatic hydroxyl groups excluding tert-OH is 1. The maximum atomic E-state index is 11.7. The molecule has 80 valence electrons. The Hall–Kier alpha value is -0.250. The maximum absolute atomic E-state index is 11.7. The van der Waals surface area contributed by atoms with Gasteiger partial charge in [-0.3, -0.25) is 0 Å². The van der Waals surface area contributed by atoms with E-state index in [0.717, 1.165) is 19.3 Å². The van der Waals surface area contributed by atoms with Crippen molar-refractivity contribution in [1.82, 2.24) is 0 Å². The number of rotatable bonds is 6. The molecule has 1 unspecified atom stereocenters. The van der Waals surface area contributed by atoms with E-state index in [1.807, 2.05) is 6.92 Å². The second-order valence-electron chi connectivity index (χ2n) is 3.32. The molecule has 1 atom stereocenters. The summed E-state index contributed by atoms with van der Waals surface area (Å²) in [5.41, 5.74) is 0. The highest BCUT2D eigenvalue weighted by Crippen LogP contribution is 2.23. The van der Waals surface area contributed by atoms with Crippen LogP contribution in [0, 0.1) is 0 Å². The highest BCUT2D eigenvalue weighted by Gasteiger charge is 2.30. The highest BCUT2D eigenvalue weighted by atomic mass is 19.4. The van der Waals surface area contributed by atoms with Crippen LogP contribution in [0.15, 0.2) is 0 Å². The SMILES string of the molecule is CCCCCCC(O)CC(F)(F)F. The molecule has 0 rings (SSSR count). The van der Waals surface area contributed by atoms with Crippen LogP contribution in [0.2, 0.25) is 0 Å². The van der Waals surface area contributed by atoms with Crippen molar-refractivity contribution >= 4 is 0 Å². The second kappa shape index (κ2) is 6.24. The molecule has 0 aliphatic carbocycles. The Morgan fingerprint density at radius 2 is 1.77 bits per heavy atom. The summed E-state index contributed by atoms with van der Waals surface area (Å²) in [6, 6.07) is 0. The van der Waals surface area contributed by atoms with Gasteiger partial charge in [-0.15, -0.1) is 0 Å². The van der Waals surface area contributed by atoms with Gasteiger partial charge in [0, 0.05) is 0 Å². The van der Waals surface area contributed by atoms with Crippen molar-refractivity contribution < 1.29 is 18.3 Å². The molecular formula is C9H17F3O. The fraction of sp³-hybridized carbons (Fsp3) is 1.00. The Balaban J connectivity index is 3.35. The van der Waals surface area contributed by atoms with Gasteiger partial charge >= 0.3 is 6.18 Å². The molecule has 4 heteroatoms. The number of halogens is 3. The molecule has 0 heterocycles. The highest BCUT2D eigenvalue weighted by molar-refractivity contribution is 4.61. The molecular weight excluding hydrogens is 181 g/mol. The predicted molar refractivity (Wildman–Crippen MR) is 45.4 cm³/mol. The van der Waals surface area contributed by atoms with Gasteiger partial charge in [0.2, 0.25) is 0 Å². The Bertz CT molecular complexity index is 123. The lowest BCUT2D eigenvalue weighted by Crippen LogP contribution is -2.19. The van der Waals surface area contributed by atoms with Crippen molar-refractivity contribution in [2.24, 2.45) is 0 Å². The Labute approximate surface area is 76.9 Å². The van der Waals surface area contributed by atoms with E-state index in [4.69, 9.17) is 5.11 Å². The molecule has 0 aromatic heterocycles. The van der Waals surface area contributed by atoms with Gasteiger partial charge in [0.05, 0.1) is 12.5 Å². The van der Waals surface area contributed by atoms with Gasteiger partial charge < -0.3 is 5.11 Å². The van der Waals surface area contributed by atoms with Crippen molar-refractivity contribution in [3.05, 3.63) is 0 Å². The monoisotopic (exact) mass is 198 g/mol. The quantitative estimate of drug-likeness (QED) is 0.649. The minimum Gasteiger partial charge on any atom is -0.393 e. The normalized spacial score (nSPS) is 14.5. The van der Waals surface area contributed by atoms with Crippen LogP contribution in [0.1, 0.15) is 45.4 Å². The van der Waals surface area contributed by atoms with E-state index < -0.39 is 18.7 Å². The molecule has 0 aromatic carbocycles. The first kappa shape index (κ1) is 12.8. The summed E-state index contributed by atoms with van der Waals surface area (Å²) in [5.74, 6) is 0. The number of hydrogen-bond donors (Lipinski definition) is 1. The summed E-state index contributed by atoms with van der Waals surface area (Å²) in [4.78, 5) is 0. The van der Waals surface area contributed by atoms with Crippen molar-refractivity contribution in [3.8, 4) is 0 Å². The first-order valence-corrected chi connectivity index (χ1v) is 4.70. The average molecular weight is 198 g/mol. The third-order valence-electron chi connectivity index (χ3n) is 1.86. The van der Waals surface area contributed by atoms with E-state index in [0.29, 0.717) is 6.42 Å². The molecule has 0 spiro atoms. The van der Waals surface area contributed by atoms with Crippen LogP contribution in [0.25, 0.3) is 0 Å². The summed E-state index contributed by atoms with van der Waals surface area (Å²) in [5, 5.41) is 8.96. The summed E-state index contributed by atoms with van der Waals surface area (Å²) >= 11 is 0. The summed E-state index contributed by atoms with van der Waals surface area (Å²) in [7, 11) is 0. The maximum Gasteiger partial charge on any atom is 0.391 e. The van der Waals surface area contributed by atoms with Crippen LogP contribution in [0.5, 0.6) is 0 Å². The number of hydrogen-bond acceptors (Lipinski definition) is 1. The Kier molecular flexibility index (Phi) is 6.12.